The first-order valence-corrected chi connectivity index (χ1v) is 5.99. The van der Waals surface area contributed by atoms with Crippen molar-refractivity contribution in [1.82, 2.24) is 4.90 Å². The summed E-state index contributed by atoms with van der Waals surface area (Å²) in [5.41, 5.74) is 5.74. The Balaban J connectivity index is 2.34. The lowest BCUT2D eigenvalue weighted by Crippen LogP contribution is -2.42. The van der Waals surface area contributed by atoms with Crippen molar-refractivity contribution in [1.29, 1.82) is 0 Å². The Morgan fingerprint density at radius 3 is 2.67 bits per heavy atom. The fourth-order valence-corrected chi connectivity index (χ4v) is 2.28. The Hall–Kier alpha value is -0.570. The minimum Gasteiger partial charge on any atom is -0.338 e. The van der Waals surface area contributed by atoms with Gasteiger partial charge in [-0.15, -0.1) is 0 Å². The van der Waals surface area contributed by atoms with Crippen molar-refractivity contribution in [2.45, 2.75) is 64.5 Å². The topological polar surface area (TPSA) is 46.3 Å². The normalized spacial score (nSPS) is 21.7. The van der Waals surface area contributed by atoms with Gasteiger partial charge < -0.3 is 10.6 Å². The third kappa shape index (κ3) is 3.49. The van der Waals surface area contributed by atoms with Gasteiger partial charge in [-0.25, -0.2) is 0 Å². The van der Waals surface area contributed by atoms with Gasteiger partial charge in [-0.05, 0) is 46.5 Å². The van der Waals surface area contributed by atoms with Crippen LogP contribution in [0.2, 0.25) is 0 Å². The van der Waals surface area contributed by atoms with E-state index in [0.717, 1.165) is 32.2 Å². The molecule has 15 heavy (non-hydrogen) atoms. The summed E-state index contributed by atoms with van der Waals surface area (Å²) in [7, 11) is 0. The molecular weight excluding hydrogens is 188 g/mol. The molecule has 0 aromatic carbocycles. The van der Waals surface area contributed by atoms with Crippen LogP contribution < -0.4 is 5.73 Å². The molecule has 1 rings (SSSR count). The molecule has 0 radical (unpaired) electrons. The minimum absolute atomic E-state index is 0.0748. The minimum atomic E-state index is 0.0748. The Labute approximate surface area is 93.0 Å². The molecule has 1 heterocycles. The van der Waals surface area contributed by atoms with Crippen LogP contribution in [-0.4, -0.2) is 28.9 Å². The molecule has 0 aromatic rings. The van der Waals surface area contributed by atoms with Crippen LogP contribution >= 0.6 is 0 Å². The summed E-state index contributed by atoms with van der Waals surface area (Å²) in [6, 6.07) is 0.212. The van der Waals surface area contributed by atoms with Crippen LogP contribution in [0.3, 0.4) is 0 Å². The number of hydrogen-bond acceptors (Lipinski definition) is 2. The first kappa shape index (κ1) is 12.5. The predicted octanol–water partition coefficient (Wildman–Crippen LogP) is 1.90. The van der Waals surface area contributed by atoms with Gasteiger partial charge in [-0.3, -0.25) is 4.79 Å². The van der Waals surface area contributed by atoms with Gasteiger partial charge in [0.25, 0.3) is 0 Å². The zero-order valence-electron chi connectivity index (χ0n) is 10.3. The van der Waals surface area contributed by atoms with Gasteiger partial charge >= 0.3 is 0 Å². The SMILES string of the molecule is CC(N)CCCC(=O)N1CCCC1(C)C. The van der Waals surface area contributed by atoms with Crippen LogP contribution in [-0.2, 0) is 4.79 Å². The van der Waals surface area contributed by atoms with Crippen LogP contribution in [0.25, 0.3) is 0 Å². The van der Waals surface area contributed by atoms with E-state index in [1.165, 1.54) is 0 Å². The Morgan fingerprint density at radius 1 is 1.53 bits per heavy atom. The maximum Gasteiger partial charge on any atom is 0.223 e. The molecule has 1 aliphatic rings. The third-order valence-electron chi connectivity index (χ3n) is 3.25. The summed E-state index contributed by atoms with van der Waals surface area (Å²) in [6.45, 7) is 7.24. The summed E-state index contributed by atoms with van der Waals surface area (Å²) in [5.74, 6) is 0.304. The summed E-state index contributed by atoms with van der Waals surface area (Å²) in [6.07, 6.45) is 4.80. The molecule has 1 amide bonds. The van der Waals surface area contributed by atoms with Crippen molar-refractivity contribution >= 4 is 5.91 Å². The quantitative estimate of drug-likeness (QED) is 0.773. The van der Waals surface area contributed by atoms with E-state index in [2.05, 4.69) is 13.8 Å². The summed E-state index contributed by atoms with van der Waals surface area (Å²) < 4.78 is 0. The predicted molar refractivity (Wildman–Crippen MR) is 62.5 cm³/mol. The van der Waals surface area contributed by atoms with Crippen molar-refractivity contribution in [2.24, 2.45) is 5.73 Å². The highest BCUT2D eigenvalue weighted by atomic mass is 16.2. The number of nitrogens with zero attached hydrogens (tertiary/aromatic N) is 1. The molecule has 0 spiro atoms. The largest absolute Gasteiger partial charge is 0.338 e. The van der Waals surface area contributed by atoms with Gasteiger partial charge in [0.1, 0.15) is 0 Å². The summed E-state index contributed by atoms with van der Waals surface area (Å²) >= 11 is 0. The van der Waals surface area contributed by atoms with Gasteiger partial charge in [0.2, 0.25) is 5.91 Å². The van der Waals surface area contributed by atoms with E-state index < -0.39 is 0 Å². The number of likely N-dealkylation sites (tertiary alicyclic amines) is 1. The second kappa shape index (κ2) is 4.97. The molecule has 3 heteroatoms. The molecule has 0 bridgehead atoms. The second-order valence-electron chi connectivity index (χ2n) is 5.33. The fraction of sp³-hybridized carbons (Fsp3) is 0.917. The van der Waals surface area contributed by atoms with Crippen molar-refractivity contribution < 1.29 is 4.79 Å². The highest BCUT2D eigenvalue weighted by Crippen LogP contribution is 2.28. The van der Waals surface area contributed by atoms with Gasteiger partial charge in [0.05, 0.1) is 0 Å². The number of carbonyl (C=O) groups is 1. The van der Waals surface area contributed by atoms with Crippen LogP contribution in [0.1, 0.15) is 52.9 Å². The van der Waals surface area contributed by atoms with Gasteiger partial charge in [0, 0.05) is 24.5 Å². The Kier molecular flexibility index (Phi) is 4.14. The lowest BCUT2D eigenvalue weighted by molar-refractivity contribution is -0.134. The molecule has 3 nitrogen and oxygen atoms in total. The smallest absolute Gasteiger partial charge is 0.223 e. The molecule has 1 aliphatic heterocycles. The Bertz CT molecular complexity index is 224. The molecule has 1 fully saturated rings. The first-order valence-electron chi connectivity index (χ1n) is 5.99. The molecule has 1 atom stereocenters. The number of rotatable bonds is 4. The van der Waals surface area contributed by atoms with Crippen LogP contribution in [0.4, 0.5) is 0 Å². The maximum atomic E-state index is 11.9. The maximum absolute atomic E-state index is 11.9. The summed E-state index contributed by atoms with van der Waals surface area (Å²) in [5, 5.41) is 0. The highest BCUT2D eigenvalue weighted by molar-refractivity contribution is 5.77. The van der Waals surface area contributed by atoms with Gasteiger partial charge in [-0.2, -0.15) is 0 Å². The summed E-state index contributed by atoms with van der Waals surface area (Å²) in [4.78, 5) is 14.0. The molecule has 0 aliphatic carbocycles. The van der Waals surface area contributed by atoms with Crippen molar-refractivity contribution in [3.8, 4) is 0 Å². The monoisotopic (exact) mass is 212 g/mol. The number of hydrogen-bond donors (Lipinski definition) is 1. The fourth-order valence-electron chi connectivity index (χ4n) is 2.28. The van der Waals surface area contributed by atoms with Gasteiger partial charge in [0.15, 0.2) is 0 Å². The molecule has 88 valence electrons. The zero-order chi connectivity index (χ0) is 11.5. The molecule has 0 saturated carbocycles. The first-order chi connectivity index (χ1) is 6.93. The van der Waals surface area contributed by atoms with Crippen LogP contribution in [0, 0.1) is 0 Å². The average molecular weight is 212 g/mol. The molecule has 2 N–H and O–H groups in total. The molecule has 1 unspecified atom stereocenters. The van der Waals surface area contributed by atoms with E-state index in [9.17, 15) is 4.79 Å². The van der Waals surface area contributed by atoms with Crippen LogP contribution in [0.15, 0.2) is 0 Å². The molecule has 0 aromatic heterocycles. The number of amides is 1. The third-order valence-corrected chi connectivity index (χ3v) is 3.25. The van der Waals surface area contributed by atoms with Crippen molar-refractivity contribution in [3.63, 3.8) is 0 Å². The lowest BCUT2D eigenvalue weighted by atomic mass is 10.0. The van der Waals surface area contributed by atoms with Gasteiger partial charge in [-0.1, -0.05) is 0 Å². The van der Waals surface area contributed by atoms with Crippen LogP contribution in [0.5, 0.6) is 0 Å². The number of carbonyl (C=O) groups excluding carboxylic acids is 1. The number of nitrogens with two attached hydrogens (primary N) is 1. The van der Waals surface area contributed by atoms with E-state index >= 15 is 0 Å². The standard InChI is InChI=1S/C12H24N2O/c1-10(13)6-4-7-11(15)14-9-5-8-12(14,2)3/h10H,4-9,13H2,1-3H3. The molecular formula is C12H24N2O. The second-order valence-corrected chi connectivity index (χ2v) is 5.33. The van der Waals surface area contributed by atoms with E-state index in [4.69, 9.17) is 5.73 Å². The molecule has 1 saturated heterocycles. The van der Waals surface area contributed by atoms with E-state index in [-0.39, 0.29) is 11.6 Å². The zero-order valence-corrected chi connectivity index (χ0v) is 10.3. The van der Waals surface area contributed by atoms with Crippen molar-refractivity contribution in [2.75, 3.05) is 6.54 Å². The van der Waals surface area contributed by atoms with Crippen molar-refractivity contribution in [3.05, 3.63) is 0 Å². The average Bonchev–Trinajstić information content (AvgIpc) is 2.44. The van der Waals surface area contributed by atoms with E-state index in [1.54, 1.807) is 0 Å². The van der Waals surface area contributed by atoms with E-state index in [1.807, 2.05) is 11.8 Å². The van der Waals surface area contributed by atoms with E-state index in [0.29, 0.717) is 12.3 Å². The lowest BCUT2D eigenvalue weighted by Gasteiger charge is -2.31. The Morgan fingerprint density at radius 2 is 2.20 bits per heavy atom. The highest BCUT2D eigenvalue weighted by Gasteiger charge is 2.34.